The molecule has 0 unspecified atom stereocenters. The van der Waals surface area contributed by atoms with Gasteiger partial charge in [0, 0.05) is 68.8 Å². The lowest BCUT2D eigenvalue weighted by Gasteiger charge is -2.34. The number of piperazine rings is 1. The van der Waals surface area contributed by atoms with Gasteiger partial charge in [-0.2, -0.15) is 0 Å². The fraction of sp³-hybridized carbons (Fsp3) is 0.286. The van der Waals surface area contributed by atoms with Gasteiger partial charge in [-0.05, 0) is 67.7 Å². The largest absolute Gasteiger partial charge is 0.373 e. The molecule has 1 aliphatic heterocycles. The second-order valence-electron chi connectivity index (χ2n) is 9.65. The Hall–Kier alpha value is -3.88. The predicted octanol–water partition coefficient (Wildman–Crippen LogP) is 3.92. The molecule has 0 aliphatic carbocycles. The van der Waals surface area contributed by atoms with Crippen LogP contribution < -0.4 is 15.5 Å². The minimum Gasteiger partial charge on any atom is -0.373 e. The van der Waals surface area contributed by atoms with Crippen LogP contribution in [0.4, 0.5) is 11.4 Å². The van der Waals surface area contributed by atoms with Crippen LogP contribution in [0.3, 0.4) is 0 Å². The first-order valence-corrected chi connectivity index (χ1v) is 12.5. The number of nitrogens with zero attached hydrogens (tertiary/aromatic N) is 5. The minimum atomic E-state index is 0.632. The van der Waals surface area contributed by atoms with Gasteiger partial charge in [-0.1, -0.05) is 0 Å². The third-order valence-corrected chi connectivity index (χ3v) is 7.14. The van der Waals surface area contributed by atoms with Gasteiger partial charge in [-0.15, -0.1) is 0 Å². The number of aromatic amines is 2. The van der Waals surface area contributed by atoms with Gasteiger partial charge in [-0.3, -0.25) is 0 Å². The van der Waals surface area contributed by atoms with Crippen molar-refractivity contribution in [2.45, 2.75) is 0 Å². The van der Waals surface area contributed by atoms with Crippen LogP contribution in [0.2, 0.25) is 0 Å². The summed E-state index contributed by atoms with van der Waals surface area (Å²) in [5.74, 6) is 1.72. The highest BCUT2D eigenvalue weighted by atomic mass is 15.2. The number of nitrogens with one attached hydrogen (secondary N) is 2. The fourth-order valence-corrected chi connectivity index (χ4v) is 4.89. The van der Waals surface area contributed by atoms with E-state index in [1.165, 1.54) is 5.69 Å². The van der Waals surface area contributed by atoms with Crippen LogP contribution in [-0.4, -0.2) is 78.2 Å². The first-order valence-electron chi connectivity index (χ1n) is 12.5. The Morgan fingerprint density at radius 1 is 0.806 bits per heavy atom. The molecule has 0 radical (unpaired) electrons. The molecule has 184 valence electrons. The summed E-state index contributed by atoms with van der Waals surface area (Å²) in [5, 5.41) is 0. The average molecular weight is 481 g/mol. The molecule has 0 spiro atoms. The summed E-state index contributed by atoms with van der Waals surface area (Å²) < 4.78 is 0. The Balaban J connectivity index is 1.26. The fourth-order valence-electron chi connectivity index (χ4n) is 4.89. The number of fused-ring (bicyclic) bond motifs is 2. The number of hydrogen-bond donors (Lipinski definition) is 3. The Morgan fingerprint density at radius 2 is 1.42 bits per heavy atom. The summed E-state index contributed by atoms with van der Waals surface area (Å²) >= 11 is 0. The van der Waals surface area contributed by atoms with Gasteiger partial charge in [-0.25, -0.2) is 9.97 Å². The number of imidazole rings is 2. The van der Waals surface area contributed by atoms with Crippen LogP contribution in [0, 0.1) is 0 Å². The first kappa shape index (κ1) is 22.6. The molecule has 4 N–H and O–H groups in total. The Kier molecular flexibility index (Phi) is 5.83. The van der Waals surface area contributed by atoms with Crippen molar-refractivity contribution in [3.05, 3.63) is 60.7 Å². The highest BCUT2D eigenvalue weighted by molar-refractivity contribution is 5.87. The smallest absolute Gasteiger partial charge is 0.138 e. The number of aromatic nitrogens is 4. The third-order valence-electron chi connectivity index (χ3n) is 7.14. The van der Waals surface area contributed by atoms with Gasteiger partial charge < -0.3 is 30.4 Å². The molecule has 36 heavy (non-hydrogen) atoms. The van der Waals surface area contributed by atoms with Gasteiger partial charge in [0.1, 0.15) is 11.6 Å². The Morgan fingerprint density at radius 3 is 2.11 bits per heavy atom. The molecule has 0 bridgehead atoms. The number of nitrogens with two attached hydrogens (primary N) is 1. The SMILES string of the molecule is CN1CCN(c2ccc3nc(-c4ccc5nc(-c6ccc(N(C)CCN)cc6)[nH]c5c4)[nH]c3c2)CC1. The molecule has 6 rings (SSSR count). The standard InChI is InChI=1S/C28H32N8/c1-34-13-15-36(16-14-34)22-8-10-24-26(18-22)33-28(31-24)20-5-9-23-25(17-20)32-27(30-23)19-3-6-21(7-4-19)35(2)12-11-29/h3-10,17-18H,11-16,29H2,1-2H3,(H,30,32)(H,31,33). The quantitative estimate of drug-likeness (QED) is 0.341. The van der Waals surface area contributed by atoms with Crippen LogP contribution in [0.1, 0.15) is 0 Å². The Labute approximate surface area is 210 Å². The maximum Gasteiger partial charge on any atom is 0.138 e. The van der Waals surface area contributed by atoms with E-state index in [-0.39, 0.29) is 0 Å². The summed E-state index contributed by atoms with van der Waals surface area (Å²) in [4.78, 5) is 23.7. The first-order chi connectivity index (χ1) is 17.6. The minimum absolute atomic E-state index is 0.632. The van der Waals surface area contributed by atoms with Crippen molar-refractivity contribution in [1.29, 1.82) is 0 Å². The second kappa shape index (κ2) is 9.29. The zero-order valence-electron chi connectivity index (χ0n) is 20.8. The van der Waals surface area contributed by atoms with Crippen molar-refractivity contribution in [2.75, 3.05) is 63.2 Å². The normalized spacial score (nSPS) is 14.7. The van der Waals surface area contributed by atoms with E-state index in [0.29, 0.717) is 6.54 Å². The predicted molar refractivity (Wildman–Crippen MR) is 149 cm³/mol. The number of benzene rings is 3. The van der Waals surface area contributed by atoms with E-state index in [1.807, 2.05) is 0 Å². The third kappa shape index (κ3) is 4.29. The lowest BCUT2D eigenvalue weighted by atomic mass is 10.2. The zero-order chi connectivity index (χ0) is 24.6. The van der Waals surface area contributed by atoms with Crippen LogP contribution in [-0.2, 0) is 0 Å². The van der Waals surface area contributed by atoms with Crippen LogP contribution in [0.25, 0.3) is 44.8 Å². The molecular formula is C28H32N8. The lowest BCUT2D eigenvalue weighted by molar-refractivity contribution is 0.313. The molecular weight excluding hydrogens is 448 g/mol. The lowest BCUT2D eigenvalue weighted by Crippen LogP contribution is -2.44. The molecule has 0 atom stereocenters. The molecule has 8 heteroatoms. The number of hydrogen-bond acceptors (Lipinski definition) is 6. The molecule has 5 aromatic rings. The average Bonchev–Trinajstić information content (AvgIpc) is 3.53. The molecule has 1 aliphatic rings. The summed E-state index contributed by atoms with van der Waals surface area (Å²) in [6.45, 7) is 5.74. The van der Waals surface area contributed by atoms with Gasteiger partial charge >= 0.3 is 0 Å². The topological polar surface area (TPSA) is 93.1 Å². The van der Waals surface area contributed by atoms with Crippen LogP contribution in [0.15, 0.2) is 60.7 Å². The van der Waals surface area contributed by atoms with Crippen molar-refractivity contribution >= 4 is 33.4 Å². The Bertz CT molecular complexity index is 1490. The molecule has 0 amide bonds. The molecule has 8 nitrogen and oxygen atoms in total. The maximum atomic E-state index is 5.68. The van der Waals surface area contributed by atoms with Gasteiger partial charge in [0.05, 0.1) is 22.1 Å². The second-order valence-corrected chi connectivity index (χ2v) is 9.65. The van der Waals surface area contributed by atoms with Gasteiger partial charge in [0.15, 0.2) is 0 Å². The number of H-pyrrole nitrogens is 2. The monoisotopic (exact) mass is 480 g/mol. The summed E-state index contributed by atoms with van der Waals surface area (Å²) in [6.07, 6.45) is 0. The van der Waals surface area contributed by atoms with Crippen LogP contribution >= 0.6 is 0 Å². The van der Waals surface area contributed by atoms with Crippen molar-refractivity contribution in [3.8, 4) is 22.8 Å². The van der Waals surface area contributed by atoms with Crippen LogP contribution in [0.5, 0.6) is 0 Å². The van der Waals surface area contributed by atoms with E-state index >= 15 is 0 Å². The van der Waals surface area contributed by atoms with Gasteiger partial charge in [0.25, 0.3) is 0 Å². The molecule has 2 aromatic heterocycles. The molecule has 1 saturated heterocycles. The molecule has 0 saturated carbocycles. The van der Waals surface area contributed by atoms with E-state index in [2.05, 4.69) is 99.4 Å². The number of likely N-dealkylation sites (N-methyl/N-ethyl adjacent to an activating group) is 2. The highest BCUT2D eigenvalue weighted by Crippen LogP contribution is 2.28. The van der Waals surface area contributed by atoms with Gasteiger partial charge in [0.2, 0.25) is 0 Å². The van der Waals surface area contributed by atoms with Crippen molar-refractivity contribution in [1.82, 2.24) is 24.8 Å². The highest BCUT2D eigenvalue weighted by Gasteiger charge is 2.16. The summed E-state index contributed by atoms with van der Waals surface area (Å²) in [7, 11) is 4.23. The van der Waals surface area contributed by atoms with E-state index in [1.54, 1.807) is 0 Å². The van der Waals surface area contributed by atoms with E-state index < -0.39 is 0 Å². The maximum absolute atomic E-state index is 5.68. The molecule has 3 heterocycles. The van der Waals surface area contributed by atoms with E-state index in [9.17, 15) is 0 Å². The van der Waals surface area contributed by atoms with E-state index in [0.717, 1.165) is 83.3 Å². The number of rotatable bonds is 6. The molecule has 3 aromatic carbocycles. The summed E-state index contributed by atoms with van der Waals surface area (Å²) in [5.41, 5.74) is 14.1. The van der Waals surface area contributed by atoms with Crippen molar-refractivity contribution < 1.29 is 0 Å². The molecule has 1 fully saturated rings. The summed E-state index contributed by atoms with van der Waals surface area (Å²) in [6, 6.07) is 21.2. The van der Waals surface area contributed by atoms with E-state index in [4.69, 9.17) is 15.7 Å². The number of anilines is 2. The van der Waals surface area contributed by atoms with Crippen molar-refractivity contribution in [3.63, 3.8) is 0 Å². The zero-order valence-corrected chi connectivity index (χ0v) is 20.8. The van der Waals surface area contributed by atoms with Crippen molar-refractivity contribution in [2.24, 2.45) is 5.73 Å².